The van der Waals surface area contributed by atoms with Crippen molar-refractivity contribution in [1.82, 2.24) is 15.1 Å². The number of aromatic nitrogens is 2. The van der Waals surface area contributed by atoms with Gasteiger partial charge in [-0.25, -0.2) is 0 Å². The number of rotatable bonds is 5. The van der Waals surface area contributed by atoms with E-state index < -0.39 is 0 Å². The molecule has 0 amide bonds. The highest BCUT2D eigenvalue weighted by Gasteiger charge is 2.24. The molecule has 1 atom stereocenters. The molecule has 0 aromatic carbocycles. The second-order valence-electron chi connectivity index (χ2n) is 5.19. The quantitative estimate of drug-likeness (QED) is 0.876. The first-order valence-corrected chi connectivity index (χ1v) is 7.25. The molecular formula is C12H22N4S. The van der Waals surface area contributed by atoms with Crippen molar-refractivity contribution < 1.29 is 0 Å². The summed E-state index contributed by atoms with van der Waals surface area (Å²) in [4.78, 5) is 2.60. The van der Waals surface area contributed by atoms with E-state index in [0.29, 0.717) is 6.04 Å². The average Bonchev–Trinajstić information content (AvgIpc) is 2.84. The number of hydrogen-bond acceptors (Lipinski definition) is 5. The van der Waals surface area contributed by atoms with Crippen molar-refractivity contribution >= 4 is 16.5 Å². The highest BCUT2D eigenvalue weighted by atomic mass is 32.1. The van der Waals surface area contributed by atoms with Crippen LogP contribution in [0.25, 0.3) is 0 Å². The van der Waals surface area contributed by atoms with Crippen molar-refractivity contribution in [3.05, 3.63) is 5.01 Å². The highest BCUT2D eigenvalue weighted by Crippen LogP contribution is 2.20. The molecule has 0 spiro atoms. The predicted molar refractivity (Wildman–Crippen MR) is 72.6 cm³/mol. The van der Waals surface area contributed by atoms with E-state index in [9.17, 15) is 0 Å². The molecule has 96 valence electrons. The smallest absolute Gasteiger partial charge is 0.205 e. The van der Waals surface area contributed by atoms with E-state index in [1.165, 1.54) is 25.9 Å². The van der Waals surface area contributed by atoms with Crippen LogP contribution in [0.2, 0.25) is 0 Å². The Labute approximate surface area is 107 Å². The summed E-state index contributed by atoms with van der Waals surface area (Å²) in [6, 6.07) is 0.668. The number of hydrogen-bond donors (Lipinski definition) is 1. The minimum atomic E-state index is 0.668. The first kappa shape index (κ1) is 12.8. The predicted octanol–water partition coefficient (Wildman–Crippen LogP) is 2.38. The van der Waals surface area contributed by atoms with Crippen LogP contribution in [-0.2, 0) is 0 Å². The molecule has 0 bridgehead atoms. The molecule has 1 aliphatic heterocycles. The second-order valence-corrected chi connectivity index (χ2v) is 6.37. The van der Waals surface area contributed by atoms with Gasteiger partial charge in [0.05, 0.1) is 0 Å². The van der Waals surface area contributed by atoms with Crippen LogP contribution < -0.4 is 5.32 Å². The number of anilines is 1. The molecule has 0 unspecified atom stereocenters. The zero-order valence-electron chi connectivity index (χ0n) is 10.9. The number of likely N-dealkylation sites (tertiary alicyclic amines) is 1. The van der Waals surface area contributed by atoms with E-state index in [4.69, 9.17) is 0 Å². The topological polar surface area (TPSA) is 41.1 Å². The van der Waals surface area contributed by atoms with E-state index in [1.807, 2.05) is 6.92 Å². The Balaban J connectivity index is 1.81. The van der Waals surface area contributed by atoms with Crippen LogP contribution in [0.1, 0.15) is 31.7 Å². The molecule has 2 heterocycles. The monoisotopic (exact) mass is 254 g/mol. The fourth-order valence-corrected chi connectivity index (χ4v) is 3.01. The molecule has 1 fully saturated rings. The standard InChI is InChI=1S/C12H22N4S/c1-9(2)8-16-6-4-5-11(16)7-13-12-15-14-10(3)17-12/h9,11H,4-8H2,1-3H3,(H,13,15)/t11-/m0/s1. The zero-order valence-corrected chi connectivity index (χ0v) is 11.8. The maximum absolute atomic E-state index is 4.10. The maximum atomic E-state index is 4.10. The van der Waals surface area contributed by atoms with Gasteiger partial charge in [0.2, 0.25) is 5.13 Å². The largest absolute Gasteiger partial charge is 0.359 e. The van der Waals surface area contributed by atoms with Gasteiger partial charge in [-0.2, -0.15) is 0 Å². The fraction of sp³-hybridized carbons (Fsp3) is 0.833. The Hall–Kier alpha value is -0.680. The summed E-state index contributed by atoms with van der Waals surface area (Å²) in [5.41, 5.74) is 0. The molecule has 4 nitrogen and oxygen atoms in total. The second kappa shape index (κ2) is 5.78. The molecular weight excluding hydrogens is 232 g/mol. The third-order valence-electron chi connectivity index (χ3n) is 3.11. The van der Waals surface area contributed by atoms with Gasteiger partial charge in [-0.15, -0.1) is 10.2 Å². The summed E-state index contributed by atoms with van der Waals surface area (Å²) in [6.07, 6.45) is 2.63. The minimum absolute atomic E-state index is 0.668. The summed E-state index contributed by atoms with van der Waals surface area (Å²) in [5.74, 6) is 0.749. The summed E-state index contributed by atoms with van der Waals surface area (Å²) in [5, 5.41) is 13.5. The van der Waals surface area contributed by atoms with Gasteiger partial charge in [-0.05, 0) is 32.2 Å². The summed E-state index contributed by atoms with van der Waals surface area (Å²) < 4.78 is 0. The lowest BCUT2D eigenvalue weighted by atomic mass is 10.1. The van der Waals surface area contributed by atoms with Crippen LogP contribution in [0.3, 0.4) is 0 Å². The SMILES string of the molecule is Cc1nnc(NC[C@@H]2CCCN2CC(C)C)s1. The molecule has 1 aromatic rings. The van der Waals surface area contributed by atoms with Crippen LogP contribution in [0, 0.1) is 12.8 Å². The Morgan fingerprint density at radius 3 is 2.94 bits per heavy atom. The average molecular weight is 254 g/mol. The van der Waals surface area contributed by atoms with Gasteiger partial charge in [0.15, 0.2) is 0 Å². The first-order chi connectivity index (χ1) is 8.15. The molecule has 1 aliphatic rings. The van der Waals surface area contributed by atoms with Crippen molar-refractivity contribution in [2.45, 2.75) is 39.7 Å². The summed E-state index contributed by atoms with van der Waals surface area (Å²) in [6.45, 7) is 10.0. The zero-order chi connectivity index (χ0) is 12.3. The van der Waals surface area contributed by atoms with Crippen molar-refractivity contribution in [3.8, 4) is 0 Å². The van der Waals surface area contributed by atoms with Crippen LogP contribution >= 0.6 is 11.3 Å². The van der Waals surface area contributed by atoms with Crippen molar-refractivity contribution in [1.29, 1.82) is 0 Å². The van der Waals surface area contributed by atoms with Crippen LogP contribution in [0.5, 0.6) is 0 Å². The van der Waals surface area contributed by atoms with Gasteiger partial charge < -0.3 is 5.32 Å². The maximum Gasteiger partial charge on any atom is 0.205 e. The minimum Gasteiger partial charge on any atom is -0.359 e. The Morgan fingerprint density at radius 2 is 2.29 bits per heavy atom. The summed E-state index contributed by atoms with van der Waals surface area (Å²) in [7, 11) is 0. The molecule has 0 radical (unpaired) electrons. The van der Waals surface area contributed by atoms with Crippen molar-refractivity contribution in [3.63, 3.8) is 0 Å². The number of nitrogens with one attached hydrogen (secondary N) is 1. The number of aryl methyl sites for hydroxylation is 1. The molecule has 5 heteroatoms. The molecule has 1 N–H and O–H groups in total. The molecule has 1 aromatic heterocycles. The number of nitrogens with zero attached hydrogens (tertiary/aromatic N) is 3. The van der Waals surface area contributed by atoms with E-state index in [-0.39, 0.29) is 0 Å². The van der Waals surface area contributed by atoms with Gasteiger partial charge in [0.25, 0.3) is 0 Å². The Morgan fingerprint density at radius 1 is 1.47 bits per heavy atom. The lowest BCUT2D eigenvalue weighted by Gasteiger charge is -2.26. The van der Waals surface area contributed by atoms with Crippen molar-refractivity contribution in [2.75, 3.05) is 25.0 Å². The van der Waals surface area contributed by atoms with E-state index >= 15 is 0 Å². The molecule has 17 heavy (non-hydrogen) atoms. The van der Waals surface area contributed by atoms with Crippen LogP contribution in [0.15, 0.2) is 0 Å². The normalized spacial score (nSPS) is 21.3. The Bertz CT molecular complexity index is 350. The van der Waals surface area contributed by atoms with Gasteiger partial charge in [0, 0.05) is 19.1 Å². The van der Waals surface area contributed by atoms with Crippen molar-refractivity contribution in [2.24, 2.45) is 5.92 Å². The lowest BCUT2D eigenvalue weighted by molar-refractivity contribution is 0.234. The molecule has 0 saturated carbocycles. The molecule has 2 rings (SSSR count). The Kier molecular flexibility index (Phi) is 4.34. The van der Waals surface area contributed by atoms with Gasteiger partial charge >= 0.3 is 0 Å². The molecule has 0 aliphatic carbocycles. The van der Waals surface area contributed by atoms with E-state index in [2.05, 4.69) is 34.3 Å². The van der Waals surface area contributed by atoms with Gasteiger partial charge in [-0.3, -0.25) is 4.90 Å². The first-order valence-electron chi connectivity index (χ1n) is 6.43. The third kappa shape index (κ3) is 3.64. The highest BCUT2D eigenvalue weighted by molar-refractivity contribution is 7.15. The van der Waals surface area contributed by atoms with Gasteiger partial charge in [-0.1, -0.05) is 25.2 Å². The van der Waals surface area contributed by atoms with Crippen LogP contribution in [-0.4, -0.2) is 40.8 Å². The lowest BCUT2D eigenvalue weighted by Crippen LogP contribution is -2.37. The fourth-order valence-electron chi connectivity index (χ4n) is 2.41. The summed E-state index contributed by atoms with van der Waals surface area (Å²) >= 11 is 1.63. The van der Waals surface area contributed by atoms with E-state index in [0.717, 1.165) is 22.6 Å². The van der Waals surface area contributed by atoms with Crippen LogP contribution in [0.4, 0.5) is 5.13 Å². The third-order valence-corrected chi connectivity index (χ3v) is 3.91. The molecule has 1 saturated heterocycles. The van der Waals surface area contributed by atoms with E-state index in [1.54, 1.807) is 11.3 Å². The van der Waals surface area contributed by atoms with Gasteiger partial charge in [0.1, 0.15) is 5.01 Å².